The largest absolute Gasteiger partial charge is 0.449 e. The van der Waals surface area contributed by atoms with E-state index < -0.39 is 18.0 Å². The van der Waals surface area contributed by atoms with E-state index in [0.29, 0.717) is 19.3 Å². The summed E-state index contributed by atoms with van der Waals surface area (Å²) in [6, 6.07) is 4.50. The predicted molar refractivity (Wildman–Crippen MR) is 93.9 cm³/mol. The van der Waals surface area contributed by atoms with Crippen molar-refractivity contribution < 1.29 is 18.8 Å². The highest BCUT2D eigenvalue weighted by Crippen LogP contribution is 2.27. The van der Waals surface area contributed by atoms with E-state index in [-0.39, 0.29) is 11.4 Å². The average Bonchev–Trinajstić information content (AvgIpc) is 2.87. The van der Waals surface area contributed by atoms with Gasteiger partial charge in [0.05, 0.1) is 16.3 Å². The van der Waals surface area contributed by atoms with Crippen LogP contribution >= 0.6 is 45.8 Å². The van der Waals surface area contributed by atoms with E-state index in [4.69, 9.17) is 32.5 Å². The van der Waals surface area contributed by atoms with E-state index in [1.807, 2.05) is 22.6 Å². The molecule has 0 fully saturated rings. The van der Waals surface area contributed by atoms with Gasteiger partial charge in [-0.15, -0.1) is 0 Å². The second-order valence-corrected chi connectivity index (χ2v) is 6.54. The molecule has 0 radical (unpaired) electrons. The first-order valence-corrected chi connectivity index (χ1v) is 8.21. The summed E-state index contributed by atoms with van der Waals surface area (Å²) in [6.45, 7) is 3.16. The molecule has 0 bridgehead atoms. The normalized spacial score (nSPS) is 11.9. The number of carbonyl (C=O) groups excluding carboxylic acids is 2. The summed E-state index contributed by atoms with van der Waals surface area (Å²) in [5.41, 5.74) is 0.811. The summed E-state index contributed by atoms with van der Waals surface area (Å²) in [4.78, 5) is 24.2. The summed E-state index contributed by atoms with van der Waals surface area (Å²) in [5.74, 6) is -1.07. The molecule has 0 saturated heterocycles. The van der Waals surface area contributed by atoms with Crippen LogP contribution in [0.25, 0.3) is 0 Å². The Morgan fingerprint density at radius 1 is 1.35 bits per heavy atom. The summed E-state index contributed by atoms with van der Waals surface area (Å²) in [5, 5.41) is 6.73. The van der Waals surface area contributed by atoms with Crippen LogP contribution < -0.4 is 5.32 Å². The molecule has 1 aromatic heterocycles. The number of rotatable bonds is 4. The fourth-order valence-corrected chi connectivity index (χ4v) is 2.65. The van der Waals surface area contributed by atoms with Crippen molar-refractivity contribution in [3.63, 3.8) is 0 Å². The fraction of sp³-hybridized carbons (Fsp3) is 0.214. The van der Waals surface area contributed by atoms with Crippen molar-refractivity contribution in [2.24, 2.45) is 0 Å². The minimum absolute atomic E-state index is 0.177. The zero-order valence-corrected chi connectivity index (χ0v) is 15.7. The van der Waals surface area contributed by atoms with Crippen molar-refractivity contribution in [3.8, 4) is 0 Å². The molecule has 0 aliphatic heterocycles. The number of hydrogen-bond donors (Lipinski definition) is 1. The van der Waals surface area contributed by atoms with E-state index in [0.717, 1.165) is 0 Å². The van der Waals surface area contributed by atoms with Gasteiger partial charge in [-0.3, -0.25) is 10.1 Å². The molecule has 0 aliphatic carbocycles. The average molecular weight is 469 g/mol. The topological polar surface area (TPSA) is 81.4 Å². The third-order valence-electron chi connectivity index (χ3n) is 2.74. The van der Waals surface area contributed by atoms with Crippen LogP contribution in [-0.4, -0.2) is 23.1 Å². The lowest BCUT2D eigenvalue weighted by Crippen LogP contribution is -2.30. The van der Waals surface area contributed by atoms with E-state index in [2.05, 4.69) is 10.5 Å². The third kappa shape index (κ3) is 4.58. The number of hydrogen-bond acceptors (Lipinski definition) is 5. The molecule has 0 unspecified atom stereocenters. The number of aromatic nitrogens is 1. The summed E-state index contributed by atoms with van der Waals surface area (Å²) in [6.07, 6.45) is -1.04. The maximum atomic E-state index is 12.2. The summed E-state index contributed by atoms with van der Waals surface area (Å²) < 4.78 is 10.5. The monoisotopic (exact) mass is 468 g/mol. The molecular weight excluding hydrogens is 458 g/mol. The Balaban J connectivity index is 2.06. The molecule has 0 spiro atoms. The van der Waals surface area contributed by atoms with Crippen molar-refractivity contribution >= 4 is 63.6 Å². The molecule has 2 aromatic rings. The highest BCUT2D eigenvalue weighted by atomic mass is 127. The Hall–Kier alpha value is -1.32. The molecule has 1 atom stereocenters. The first-order chi connectivity index (χ1) is 10.8. The molecule has 122 valence electrons. The molecule has 1 N–H and O–H groups in total. The summed E-state index contributed by atoms with van der Waals surface area (Å²) in [7, 11) is 0. The zero-order chi connectivity index (χ0) is 17.1. The highest BCUT2D eigenvalue weighted by Gasteiger charge is 2.22. The van der Waals surface area contributed by atoms with Gasteiger partial charge in [0, 0.05) is 14.7 Å². The van der Waals surface area contributed by atoms with Gasteiger partial charge in [0.1, 0.15) is 0 Å². The number of nitrogens with one attached hydrogen (secondary N) is 1. The first kappa shape index (κ1) is 18.0. The second-order valence-electron chi connectivity index (χ2n) is 4.62. The van der Waals surface area contributed by atoms with Crippen LogP contribution in [0.2, 0.25) is 10.0 Å². The standard InChI is InChI=1S/C14H11Cl2IN2O4/c1-6-3-11(23-19-6)18-13(20)7(2)22-14(21)9-4-8(15)5-10(16)12(9)17/h3-5,7H,1-2H3,(H,18,20)/t7-/m0/s1. The minimum atomic E-state index is -1.04. The van der Waals surface area contributed by atoms with Crippen LogP contribution in [0.5, 0.6) is 0 Å². The van der Waals surface area contributed by atoms with Gasteiger partial charge in [-0.05, 0) is 48.6 Å². The smallest absolute Gasteiger partial charge is 0.340 e. The number of anilines is 1. The molecule has 0 aliphatic rings. The Labute approximate surface area is 155 Å². The first-order valence-electron chi connectivity index (χ1n) is 6.37. The lowest BCUT2D eigenvalue weighted by atomic mass is 10.2. The quantitative estimate of drug-likeness (QED) is 0.415. The number of aryl methyl sites for hydroxylation is 1. The molecule has 23 heavy (non-hydrogen) atoms. The van der Waals surface area contributed by atoms with Gasteiger partial charge < -0.3 is 9.26 Å². The fourth-order valence-electron chi connectivity index (χ4n) is 1.63. The van der Waals surface area contributed by atoms with Crippen molar-refractivity contribution in [2.75, 3.05) is 5.32 Å². The second kappa shape index (κ2) is 7.50. The number of amides is 1. The highest BCUT2D eigenvalue weighted by molar-refractivity contribution is 14.1. The van der Waals surface area contributed by atoms with E-state index in [9.17, 15) is 9.59 Å². The number of esters is 1. The molecule has 6 nitrogen and oxygen atoms in total. The van der Waals surface area contributed by atoms with Crippen molar-refractivity contribution in [1.82, 2.24) is 5.16 Å². The van der Waals surface area contributed by atoms with Gasteiger partial charge in [-0.2, -0.15) is 0 Å². The van der Waals surface area contributed by atoms with Gasteiger partial charge in [0.25, 0.3) is 5.91 Å². The van der Waals surface area contributed by atoms with Crippen LogP contribution in [-0.2, 0) is 9.53 Å². The summed E-state index contributed by atoms with van der Waals surface area (Å²) >= 11 is 13.8. The molecule has 0 saturated carbocycles. The van der Waals surface area contributed by atoms with Gasteiger partial charge in [0.2, 0.25) is 5.88 Å². The lowest BCUT2D eigenvalue weighted by Gasteiger charge is -2.13. The van der Waals surface area contributed by atoms with Crippen LogP contribution in [0.4, 0.5) is 5.88 Å². The van der Waals surface area contributed by atoms with Crippen LogP contribution in [0.15, 0.2) is 22.7 Å². The Kier molecular flexibility index (Phi) is 5.88. The molecule has 2 rings (SSSR count). The molecule has 1 heterocycles. The number of halogens is 3. The maximum Gasteiger partial charge on any atom is 0.340 e. The molecule has 9 heteroatoms. The SMILES string of the molecule is Cc1cc(NC(=O)[C@H](C)OC(=O)c2cc(Cl)cc(Cl)c2I)on1. The van der Waals surface area contributed by atoms with Crippen molar-refractivity contribution in [2.45, 2.75) is 20.0 Å². The van der Waals surface area contributed by atoms with Crippen LogP contribution in [0.3, 0.4) is 0 Å². The minimum Gasteiger partial charge on any atom is -0.449 e. The van der Waals surface area contributed by atoms with E-state index in [1.165, 1.54) is 19.1 Å². The molecular formula is C14H11Cl2IN2O4. The van der Waals surface area contributed by atoms with Crippen LogP contribution in [0.1, 0.15) is 23.0 Å². The maximum absolute atomic E-state index is 12.2. The lowest BCUT2D eigenvalue weighted by molar-refractivity contribution is -0.123. The Morgan fingerprint density at radius 3 is 2.65 bits per heavy atom. The number of nitrogens with zero attached hydrogens (tertiary/aromatic N) is 1. The van der Waals surface area contributed by atoms with E-state index in [1.54, 1.807) is 13.0 Å². The van der Waals surface area contributed by atoms with Gasteiger partial charge in [-0.25, -0.2) is 4.79 Å². The predicted octanol–water partition coefficient (Wildman–Crippen LogP) is 4.08. The Bertz CT molecular complexity index is 763. The van der Waals surface area contributed by atoms with Crippen molar-refractivity contribution in [3.05, 3.63) is 43.1 Å². The molecule has 1 aromatic carbocycles. The number of benzene rings is 1. The van der Waals surface area contributed by atoms with Gasteiger partial charge >= 0.3 is 5.97 Å². The third-order valence-corrected chi connectivity index (χ3v) is 4.74. The zero-order valence-electron chi connectivity index (χ0n) is 12.0. The van der Waals surface area contributed by atoms with Crippen molar-refractivity contribution in [1.29, 1.82) is 0 Å². The van der Waals surface area contributed by atoms with Gasteiger partial charge in [-0.1, -0.05) is 28.4 Å². The Morgan fingerprint density at radius 2 is 2.04 bits per heavy atom. The molecule has 1 amide bonds. The number of carbonyl (C=O) groups is 2. The van der Waals surface area contributed by atoms with E-state index >= 15 is 0 Å². The number of ether oxygens (including phenoxy) is 1. The van der Waals surface area contributed by atoms with Gasteiger partial charge in [0.15, 0.2) is 6.10 Å². The van der Waals surface area contributed by atoms with Crippen LogP contribution in [0, 0.1) is 10.5 Å².